The van der Waals surface area contributed by atoms with Crippen LogP contribution < -0.4 is 5.32 Å². The number of rotatable bonds is 4. The summed E-state index contributed by atoms with van der Waals surface area (Å²) < 4.78 is 6.43. The molecule has 4 heteroatoms. The molecule has 0 aromatic carbocycles. The third kappa shape index (κ3) is 2.88. The van der Waals surface area contributed by atoms with Crippen molar-refractivity contribution in [3.05, 3.63) is 45.5 Å². The van der Waals surface area contributed by atoms with Gasteiger partial charge in [-0.3, -0.25) is 5.32 Å². The normalized spacial score (nSPS) is 24.7. The lowest BCUT2D eigenvalue weighted by Gasteiger charge is -2.23. The largest absolute Gasteiger partial charge is 0.467 e. The van der Waals surface area contributed by atoms with E-state index in [1.54, 1.807) is 17.6 Å². The van der Waals surface area contributed by atoms with E-state index in [1.807, 2.05) is 18.2 Å². The van der Waals surface area contributed by atoms with Crippen molar-refractivity contribution in [3.63, 3.8) is 0 Å². The van der Waals surface area contributed by atoms with Gasteiger partial charge < -0.3 is 4.42 Å². The number of hydrogen-bond acceptors (Lipinski definition) is 3. The minimum absolute atomic E-state index is 0.123. The lowest BCUT2D eigenvalue weighted by Crippen LogP contribution is -2.34. The second-order valence-corrected chi connectivity index (χ2v) is 7.02. The summed E-state index contributed by atoms with van der Waals surface area (Å²) in [7, 11) is 0. The molecule has 0 spiro atoms. The van der Waals surface area contributed by atoms with E-state index in [0.717, 1.165) is 16.0 Å². The highest BCUT2D eigenvalue weighted by atomic mass is 35.5. The Bertz CT molecular complexity index is 522. The Morgan fingerprint density at radius 3 is 2.84 bits per heavy atom. The Morgan fingerprint density at radius 2 is 2.26 bits per heavy atom. The van der Waals surface area contributed by atoms with Crippen LogP contribution in [0.3, 0.4) is 0 Å². The molecule has 2 heterocycles. The molecule has 1 aliphatic rings. The van der Waals surface area contributed by atoms with E-state index in [1.165, 1.54) is 24.1 Å². The molecule has 0 aliphatic heterocycles. The van der Waals surface area contributed by atoms with E-state index in [2.05, 4.69) is 18.3 Å². The molecule has 1 saturated carbocycles. The first kappa shape index (κ1) is 13.2. The smallest absolute Gasteiger partial charge is 0.126 e. The van der Waals surface area contributed by atoms with Gasteiger partial charge in [0.05, 0.1) is 10.6 Å². The monoisotopic (exact) mass is 295 g/mol. The summed E-state index contributed by atoms with van der Waals surface area (Å²) in [5.41, 5.74) is 0. The van der Waals surface area contributed by atoms with Crippen molar-refractivity contribution >= 4 is 22.9 Å². The third-order valence-electron chi connectivity index (χ3n) is 3.95. The maximum Gasteiger partial charge on any atom is 0.126 e. The number of halogens is 1. The molecule has 0 saturated heterocycles. The molecule has 1 aliphatic carbocycles. The van der Waals surface area contributed by atoms with Crippen LogP contribution in [0.15, 0.2) is 34.9 Å². The van der Waals surface area contributed by atoms with Crippen molar-refractivity contribution in [2.45, 2.75) is 38.3 Å². The first-order chi connectivity index (χ1) is 9.24. The van der Waals surface area contributed by atoms with Gasteiger partial charge in [-0.2, -0.15) is 0 Å². The van der Waals surface area contributed by atoms with Crippen LogP contribution in [-0.4, -0.2) is 6.04 Å². The molecule has 0 radical (unpaired) electrons. The van der Waals surface area contributed by atoms with Crippen molar-refractivity contribution in [1.29, 1.82) is 0 Å². The summed E-state index contributed by atoms with van der Waals surface area (Å²) in [6.07, 6.45) is 5.61. The van der Waals surface area contributed by atoms with E-state index in [-0.39, 0.29) is 6.04 Å². The van der Waals surface area contributed by atoms with Crippen LogP contribution in [-0.2, 0) is 0 Å². The fraction of sp³-hybridized carbons (Fsp3) is 0.467. The summed E-state index contributed by atoms with van der Waals surface area (Å²) in [6.45, 7) is 2.32. The number of hydrogen-bond donors (Lipinski definition) is 1. The zero-order chi connectivity index (χ0) is 13.2. The standard InChI is InChI=1S/C15H18ClNOS/c1-10-4-2-5-11(10)17-15(12-6-3-9-18-12)13-7-8-14(16)19-13/h3,6-11,15,17H,2,4-5H2,1H3. The first-order valence-electron chi connectivity index (χ1n) is 6.78. The zero-order valence-corrected chi connectivity index (χ0v) is 12.5. The van der Waals surface area contributed by atoms with Crippen LogP contribution in [0.25, 0.3) is 0 Å². The highest BCUT2D eigenvalue weighted by Gasteiger charge is 2.28. The van der Waals surface area contributed by atoms with Crippen LogP contribution in [0.4, 0.5) is 0 Å². The maximum atomic E-state index is 6.07. The lowest BCUT2D eigenvalue weighted by atomic mass is 10.0. The molecule has 0 amide bonds. The Kier molecular flexibility index (Phi) is 3.96. The molecule has 0 bridgehead atoms. The molecule has 2 aromatic heterocycles. The average molecular weight is 296 g/mol. The average Bonchev–Trinajstić information content (AvgIpc) is 3.09. The zero-order valence-electron chi connectivity index (χ0n) is 10.9. The van der Waals surface area contributed by atoms with Crippen molar-refractivity contribution < 1.29 is 4.42 Å². The van der Waals surface area contributed by atoms with Gasteiger partial charge >= 0.3 is 0 Å². The predicted molar refractivity (Wildman–Crippen MR) is 79.8 cm³/mol. The molecular weight excluding hydrogens is 278 g/mol. The molecule has 1 fully saturated rings. The van der Waals surface area contributed by atoms with E-state index < -0.39 is 0 Å². The second-order valence-electron chi connectivity index (χ2n) is 5.27. The van der Waals surface area contributed by atoms with Crippen LogP contribution in [0.2, 0.25) is 4.34 Å². The Balaban J connectivity index is 1.84. The Labute approximate surface area is 122 Å². The van der Waals surface area contributed by atoms with Gasteiger partial charge in [0, 0.05) is 10.9 Å². The third-order valence-corrected chi connectivity index (χ3v) is 5.24. The van der Waals surface area contributed by atoms with Gasteiger partial charge in [-0.05, 0) is 43.0 Å². The summed E-state index contributed by atoms with van der Waals surface area (Å²) in [4.78, 5) is 1.22. The molecule has 19 heavy (non-hydrogen) atoms. The molecule has 3 unspecified atom stereocenters. The predicted octanol–water partition coefficient (Wildman–Crippen LogP) is 4.86. The SMILES string of the molecule is CC1CCCC1NC(c1ccco1)c1ccc(Cl)s1. The minimum atomic E-state index is 0.123. The molecule has 102 valence electrons. The van der Waals surface area contributed by atoms with E-state index in [4.69, 9.17) is 16.0 Å². The van der Waals surface area contributed by atoms with Crippen molar-refractivity contribution in [1.82, 2.24) is 5.32 Å². The lowest BCUT2D eigenvalue weighted by molar-refractivity contribution is 0.366. The topological polar surface area (TPSA) is 25.2 Å². The summed E-state index contributed by atoms with van der Waals surface area (Å²) in [5.74, 6) is 1.70. The Morgan fingerprint density at radius 1 is 1.37 bits per heavy atom. The van der Waals surface area contributed by atoms with Gasteiger partial charge in [0.25, 0.3) is 0 Å². The van der Waals surface area contributed by atoms with Gasteiger partial charge in [-0.25, -0.2) is 0 Å². The van der Waals surface area contributed by atoms with Gasteiger partial charge in [0.15, 0.2) is 0 Å². The van der Waals surface area contributed by atoms with Crippen LogP contribution in [0.5, 0.6) is 0 Å². The van der Waals surface area contributed by atoms with E-state index in [9.17, 15) is 0 Å². The first-order valence-corrected chi connectivity index (χ1v) is 7.98. The highest BCUT2D eigenvalue weighted by molar-refractivity contribution is 7.16. The molecular formula is C15H18ClNOS. The molecule has 2 aromatic rings. The van der Waals surface area contributed by atoms with E-state index >= 15 is 0 Å². The quantitative estimate of drug-likeness (QED) is 0.871. The minimum Gasteiger partial charge on any atom is -0.467 e. The maximum absolute atomic E-state index is 6.07. The second kappa shape index (κ2) is 5.70. The van der Waals surface area contributed by atoms with E-state index in [0.29, 0.717) is 6.04 Å². The van der Waals surface area contributed by atoms with Crippen molar-refractivity contribution in [2.75, 3.05) is 0 Å². The van der Waals surface area contributed by atoms with Crippen LogP contribution in [0, 0.1) is 5.92 Å². The van der Waals surface area contributed by atoms with Gasteiger partial charge in [-0.1, -0.05) is 24.9 Å². The number of thiophene rings is 1. The molecule has 3 rings (SSSR count). The molecule has 3 atom stereocenters. The molecule has 1 N–H and O–H groups in total. The molecule has 2 nitrogen and oxygen atoms in total. The van der Waals surface area contributed by atoms with Crippen molar-refractivity contribution in [3.8, 4) is 0 Å². The summed E-state index contributed by atoms with van der Waals surface area (Å²) in [6, 6.07) is 8.71. The van der Waals surface area contributed by atoms with Gasteiger partial charge in [0.1, 0.15) is 11.8 Å². The summed E-state index contributed by atoms with van der Waals surface area (Å²) in [5, 5.41) is 3.76. The van der Waals surface area contributed by atoms with Crippen LogP contribution in [0.1, 0.15) is 42.9 Å². The fourth-order valence-electron chi connectivity index (χ4n) is 2.85. The summed E-state index contributed by atoms with van der Waals surface area (Å²) >= 11 is 7.69. The van der Waals surface area contributed by atoms with Crippen molar-refractivity contribution in [2.24, 2.45) is 5.92 Å². The highest BCUT2D eigenvalue weighted by Crippen LogP contribution is 2.34. The Hall–Kier alpha value is -0.770. The van der Waals surface area contributed by atoms with Crippen LogP contribution >= 0.6 is 22.9 Å². The number of furan rings is 1. The van der Waals surface area contributed by atoms with Gasteiger partial charge in [-0.15, -0.1) is 11.3 Å². The van der Waals surface area contributed by atoms with Gasteiger partial charge in [0.2, 0.25) is 0 Å². The number of nitrogens with one attached hydrogen (secondary N) is 1. The fourth-order valence-corrected chi connectivity index (χ4v) is 3.98.